The summed E-state index contributed by atoms with van der Waals surface area (Å²) in [6, 6.07) is 6.34. The molecule has 1 atom stereocenters. The fourth-order valence-corrected chi connectivity index (χ4v) is 5.54. The maximum absolute atomic E-state index is 12.7. The molecule has 1 unspecified atom stereocenters. The number of piperidine rings is 2. The third-order valence-electron chi connectivity index (χ3n) is 5.21. The van der Waals surface area contributed by atoms with Gasteiger partial charge < -0.3 is 4.90 Å². The van der Waals surface area contributed by atoms with E-state index in [1.807, 2.05) is 4.90 Å². The summed E-state index contributed by atoms with van der Waals surface area (Å²) < 4.78 is 26.9. The molecule has 25 heavy (non-hydrogen) atoms. The first-order chi connectivity index (χ1) is 11.9. The zero-order valence-electron chi connectivity index (χ0n) is 14.5. The maximum atomic E-state index is 12.7. The van der Waals surface area contributed by atoms with Gasteiger partial charge in [0, 0.05) is 37.1 Å². The van der Waals surface area contributed by atoms with E-state index in [1.54, 1.807) is 18.2 Å². The Morgan fingerprint density at radius 3 is 2.52 bits per heavy atom. The standard InChI is InChI=1S/C18H25ClN2O3S/c1-14-4-3-9-20(13-14)18(22)15-7-10-21(11-8-15)25(23,24)17-6-2-5-16(19)12-17/h2,5-6,12,14-15H,3-4,7-11,13H2,1H3. The molecule has 0 N–H and O–H groups in total. The van der Waals surface area contributed by atoms with Crippen molar-refractivity contribution in [3.8, 4) is 0 Å². The summed E-state index contributed by atoms with van der Waals surface area (Å²) >= 11 is 5.92. The Labute approximate surface area is 155 Å². The molecule has 0 aromatic heterocycles. The number of hydrogen-bond acceptors (Lipinski definition) is 3. The van der Waals surface area contributed by atoms with E-state index in [4.69, 9.17) is 11.6 Å². The minimum atomic E-state index is -3.54. The van der Waals surface area contributed by atoms with Crippen LogP contribution in [-0.2, 0) is 14.8 Å². The number of sulfonamides is 1. The predicted octanol–water partition coefficient (Wildman–Crippen LogP) is 3.00. The lowest BCUT2D eigenvalue weighted by Crippen LogP contribution is -2.46. The molecule has 2 aliphatic heterocycles. The Bertz CT molecular complexity index is 730. The smallest absolute Gasteiger partial charge is 0.243 e. The number of amides is 1. The lowest BCUT2D eigenvalue weighted by Gasteiger charge is -2.36. The second-order valence-corrected chi connectivity index (χ2v) is 9.54. The van der Waals surface area contributed by atoms with E-state index in [9.17, 15) is 13.2 Å². The highest BCUT2D eigenvalue weighted by molar-refractivity contribution is 7.89. The van der Waals surface area contributed by atoms with Gasteiger partial charge in [-0.25, -0.2) is 8.42 Å². The quantitative estimate of drug-likeness (QED) is 0.804. The summed E-state index contributed by atoms with van der Waals surface area (Å²) in [6.07, 6.45) is 3.42. The number of halogens is 1. The first-order valence-electron chi connectivity index (χ1n) is 8.92. The second kappa shape index (κ2) is 7.64. The van der Waals surface area contributed by atoms with Gasteiger partial charge >= 0.3 is 0 Å². The highest BCUT2D eigenvalue weighted by atomic mass is 35.5. The van der Waals surface area contributed by atoms with E-state index in [0.717, 1.165) is 19.5 Å². The molecule has 0 radical (unpaired) electrons. The number of hydrogen-bond donors (Lipinski definition) is 0. The lowest BCUT2D eigenvalue weighted by atomic mass is 9.93. The van der Waals surface area contributed by atoms with Crippen LogP contribution in [0.2, 0.25) is 5.02 Å². The molecular weight excluding hydrogens is 360 g/mol. The first-order valence-corrected chi connectivity index (χ1v) is 10.7. The van der Waals surface area contributed by atoms with Crippen LogP contribution in [0.4, 0.5) is 0 Å². The van der Waals surface area contributed by atoms with Crippen LogP contribution < -0.4 is 0 Å². The van der Waals surface area contributed by atoms with Crippen molar-refractivity contribution in [2.45, 2.75) is 37.5 Å². The van der Waals surface area contributed by atoms with Crippen molar-refractivity contribution in [3.63, 3.8) is 0 Å². The van der Waals surface area contributed by atoms with Crippen molar-refractivity contribution in [2.24, 2.45) is 11.8 Å². The summed E-state index contributed by atoms with van der Waals surface area (Å²) in [6.45, 7) is 4.62. The van der Waals surface area contributed by atoms with Crippen LogP contribution in [0, 0.1) is 11.8 Å². The molecule has 2 fully saturated rings. The summed E-state index contributed by atoms with van der Waals surface area (Å²) in [5.41, 5.74) is 0. The Morgan fingerprint density at radius 2 is 1.88 bits per heavy atom. The van der Waals surface area contributed by atoms with Crippen molar-refractivity contribution in [2.75, 3.05) is 26.2 Å². The molecular formula is C18H25ClN2O3S. The zero-order chi connectivity index (χ0) is 18.0. The van der Waals surface area contributed by atoms with Gasteiger partial charge in [0.1, 0.15) is 0 Å². The van der Waals surface area contributed by atoms with Crippen molar-refractivity contribution >= 4 is 27.5 Å². The van der Waals surface area contributed by atoms with Gasteiger partial charge in [-0.1, -0.05) is 24.6 Å². The van der Waals surface area contributed by atoms with E-state index in [2.05, 4.69) is 6.92 Å². The number of carbonyl (C=O) groups excluding carboxylic acids is 1. The average Bonchev–Trinajstić information content (AvgIpc) is 2.61. The van der Waals surface area contributed by atoms with E-state index in [-0.39, 0.29) is 16.7 Å². The number of rotatable bonds is 3. The number of nitrogens with zero attached hydrogens (tertiary/aromatic N) is 2. The molecule has 0 saturated carbocycles. The van der Waals surface area contributed by atoms with Gasteiger partial charge in [-0.3, -0.25) is 4.79 Å². The third kappa shape index (κ3) is 4.18. The van der Waals surface area contributed by atoms with Crippen LogP contribution in [0.25, 0.3) is 0 Å². The van der Waals surface area contributed by atoms with Gasteiger partial charge in [0.25, 0.3) is 0 Å². The van der Waals surface area contributed by atoms with Gasteiger partial charge in [-0.05, 0) is 49.8 Å². The van der Waals surface area contributed by atoms with Crippen LogP contribution in [-0.4, -0.2) is 49.7 Å². The van der Waals surface area contributed by atoms with Gasteiger partial charge in [0.15, 0.2) is 0 Å². The molecule has 0 spiro atoms. The maximum Gasteiger partial charge on any atom is 0.243 e. The molecule has 5 nitrogen and oxygen atoms in total. The van der Waals surface area contributed by atoms with Crippen molar-refractivity contribution in [1.29, 1.82) is 0 Å². The minimum absolute atomic E-state index is 0.0592. The molecule has 1 aromatic rings. The number of benzene rings is 1. The molecule has 2 aliphatic rings. The van der Waals surface area contributed by atoms with Crippen LogP contribution in [0.1, 0.15) is 32.6 Å². The van der Waals surface area contributed by atoms with Crippen LogP contribution in [0.5, 0.6) is 0 Å². The third-order valence-corrected chi connectivity index (χ3v) is 7.34. The van der Waals surface area contributed by atoms with Gasteiger partial charge in [-0.2, -0.15) is 4.31 Å². The summed E-state index contributed by atoms with van der Waals surface area (Å²) in [7, 11) is -3.54. The molecule has 138 valence electrons. The summed E-state index contributed by atoms with van der Waals surface area (Å²) in [5.74, 6) is 0.698. The summed E-state index contributed by atoms with van der Waals surface area (Å²) in [4.78, 5) is 14.9. The van der Waals surface area contributed by atoms with Crippen molar-refractivity contribution < 1.29 is 13.2 Å². The van der Waals surface area contributed by atoms with Crippen molar-refractivity contribution in [3.05, 3.63) is 29.3 Å². The Hall–Kier alpha value is -1.11. The molecule has 1 aromatic carbocycles. The van der Waals surface area contributed by atoms with Crippen LogP contribution in [0.3, 0.4) is 0 Å². The molecule has 3 rings (SSSR count). The molecule has 0 bridgehead atoms. The molecule has 1 amide bonds. The Morgan fingerprint density at radius 1 is 1.16 bits per heavy atom. The SMILES string of the molecule is CC1CCCN(C(=O)C2CCN(S(=O)(=O)c3cccc(Cl)c3)CC2)C1. The van der Waals surface area contributed by atoms with E-state index in [1.165, 1.54) is 16.8 Å². The minimum Gasteiger partial charge on any atom is -0.342 e. The van der Waals surface area contributed by atoms with Gasteiger partial charge in [-0.15, -0.1) is 0 Å². The number of likely N-dealkylation sites (tertiary alicyclic amines) is 1. The van der Waals surface area contributed by atoms with Crippen molar-refractivity contribution in [1.82, 2.24) is 9.21 Å². The van der Waals surface area contributed by atoms with Crippen LogP contribution in [0.15, 0.2) is 29.2 Å². The lowest BCUT2D eigenvalue weighted by molar-refractivity contribution is -0.138. The summed E-state index contributed by atoms with van der Waals surface area (Å²) in [5, 5.41) is 0.408. The second-order valence-electron chi connectivity index (χ2n) is 7.17. The molecule has 2 heterocycles. The Kier molecular flexibility index (Phi) is 5.71. The molecule has 0 aliphatic carbocycles. The monoisotopic (exact) mass is 384 g/mol. The van der Waals surface area contributed by atoms with Crippen LogP contribution >= 0.6 is 11.6 Å². The first kappa shape index (κ1) is 18.7. The van der Waals surface area contributed by atoms with Gasteiger partial charge in [0.05, 0.1) is 4.90 Å². The largest absolute Gasteiger partial charge is 0.342 e. The zero-order valence-corrected chi connectivity index (χ0v) is 16.1. The number of carbonyl (C=O) groups is 1. The highest BCUT2D eigenvalue weighted by Gasteiger charge is 2.34. The highest BCUT2D eigenvalue weighted by Crippen LogP contribution is 2.27. The van der Waals surface area contributed by atoms with E-state index < -0.39 is 10.0 Å². The molecule has 2 saturated heterocycles. The average molecular weight is 385 g/mol. The fraction of sp³-hybridized carbons (Fsp3) is 0.611. The van der Waals surface area contributed by atoms with Gasteiger partial charge in [0.2, 0.25) is 15.9 Å². The normalized spacial score (nSPS) is 23.6. The fourth-order valence-electron chi connectivity index (χ4n) is 3.77. The molecule has 7 heteroatoms. The topological polar surface area (TPSA) is 57.7 Å². The predicted molar refractivity (Wildman–Crippen MR) is 97.9 cm³/mol. The van der Waals surface area contributed by atoms with E-state index >= 15 is 0 Å². The van der Waals surface area contributed by atoms with E-state index in [0.29, 0.717) is 36.9 Å². The Balaban J connectivity index is 1.62.